The normalized spacial score (nSPS) is 21.0. The summed E-state index contributed by atoms with van der Waals surface area (Å²) in [5, 5.41) is 0. The third kappa shape index (κ3) is 3.88. The Bertz CT molecular complexity index is 794. The minimum Gasteiger partial charge on any atom is -0.455 e. The highest BCUT2D eigenvalue weighted by Gasteiger charge is 2.30. The maximum absolute atomic E-state index is 13.0. The van der Waals surface area contributed by atoms with Crippen LogP contribution in [0.15, 0.2) is 40.8 Å². The van der Waals surface area contributed by atoms with Gasteiger partial charge in [-0.1, -0.05) is 18.2 Å². The fraction of sp³-hybridized carbons (Fsp3) is 0.500. The van der Waals surface area contributed by atoms with Gasteiger partial charge in [-0.2, -0.15) is 0 Å². The highest BCUT2D eigenvalue weighted by atomic mass is 16.4. The molecule has 3 heterocycles. The van der Waals surface area contributed by atoms with Crippen molar-refractivity contribution in [1.82, 2.24) is 9.80 Å². The van der Waals surface area contributed by atoms with Crippen molar-refractivity contribution < 1.29 is 9.21 Å². The van der Waals surface area contributed by atoms with E-state index in [4.69, 9.17) is 4.42 Å². The molecule has 1 aromatic heterocycles. The van der Waals surface area contributed by atoms with Crippen molar-refractivity contribution in [2.45, 2.75) is 39.3 Å². The molecular weight excluding hydrogens is 338 g/mol. The van der Waals surface area contributed by atoms with Gasteiger partial charge >= 0.3 is 0 Å². The van der Waals surface area contributed by atoms with Gasteiger partial charge in [0, 0.05) is 31.4 Å². The molecule has 2 aromatic rings. The molecule has 1 amide bonds. The van der Waals surface area contributed by atoms with Crippen LogP contribution in [0.4, 0.5) is 5.69 Å². The van der Waals surface area contributed by atoms with Gasteiger partial charge in [-0.3, -0.25) is 9.69 Å². The summed E-state index contributed by atoms with van der Waals surface area (Å²) < 4.78 is 5.89. The predicted octanol–water partition coefficient (Wildman–Crippen LogP) is 3.53. The molecule has 27 heavy (non-hydrogen) atoms. The summed E-state index contributed by atoms with van der Waals surface area (Å²) in [7, 11) is 0. The van der Waals surface area contributed by atoms with E-state index in [1.165, 1.54) is 24.1 Å². The van der Waals surface area contributed by atoms with Crippen molar-refractivity contribution in [3.8, 4) is 0 Å². The quantitative estimate of drug-likeness (QED) is 0.829. The molecule has 2 aliphatic rings. The van der Waals surface area contributed by atoms with Crippen LogP contribution >= 0.6 is 0 Å². The summed E-state index contributed by atoms with van der Waals surface area (Å²) in [4.78, 5) is 19.7. The zero-order chi connectivity index (χ0) is 18.8. The second-order valence-corrected chi connectivity index (χ2v) is 7.83. The Balaban J connectivity index is 1.40. The van der Waals surface area contributed by atoms with E-state index in [1.807, 2.05) is 17.0 Å². The minimum atomic E-state index is 0.0135. The van der Waals surface area contributed by atoms with E-state index in [0.717, 1.165) is 45.0 Å². The monoisotopic (exact) mass is 367 g/mol. The predicted molar refractivity (Wildman–Crippen MR) is 107 cm³/mol. The van der Waals surface area contributed by atoms with E-state index < -0.39 is 0 Å². The molecule has 0 aliphatic carbocycles. The van der Waals surface area contributed by atoms with E-state index in [9.17, 15) is 4.79 Å². The second-order valence-electron chi connectivity index (χ2n) is 7.83. The first-order valence-electron chi connectivity index (χ1n) is 10.0. The summed E-state index contributed by atoms with van der Waals surface area (Å²) >= 11 is 0. The number of aryl methyl sites for hydroxylation is 1. The van der Waals surface area contributed by atoms with Crippen LogP contribution in [-0.4, -0.2) is 54.5 Å². The maximum Gasteiger partial charge on any atom is 0.289 e. The molecule has 4 rings (SSSR count). The number of likely N-dealkylation sites (tertiary alicyclic amines) is 1. The van der Waals surface area contributed by atoms with Crippen LogP contribution < -0.4 is 4.90 Å². The molecule has 2 saturated heterocycles. The van der Waals surface area contributed by atoms with E-state index in [2.05, 4.69) is 47.9 Å². The van der Waals surface area contributed by atoms with Crippen LogP contribution in [0.25, 0.3) is 0 Å². The number of furan rings is 1. The number of carbonyl (C=O) groups is 1. The number of amides is 1. The van der Waals surface area contributed by atoms with E-state index in [1.54, 1.807) is 0 Å². The van der Waals surface area contributed by atoms with Crippen LogP contribution in [0.2, 0.25) is 0 Å². The Hall–Kier alpha value is -2.27. The van der Waals surface area contributed by atoms with Crippen molar-refractivity contribution in [1.29, 1.82) is 0 Å². The largest absolute Gasteiger partial charge is 0.455 e. The smallest absolute Gasteiger partial charge is 0.289 e. The lowest BCUT2D eigenvalue weighted by Gasteiger charge is -2.41. The molecular formula is C22H29N3O2. The topological polar surface area (TPSA) is 39.9 Å². The van der Waals surface area contributed by atoms with Gasteiger partial charge in [0.05, 0.1) is 6.54 Å². The lowest BCUT2D eigenvalue weighted by molar-refractivity contribution is 0.0638. The van der Waals surface area contributed by atoms with Gasteiger partial charge in [0.15, 0.2) is 5.76 Å². The SMILES string of the molecule is Cc1ccccc1N1CCN(C(=O)c2ccc(CN3CCCC3)o2)[C@@H](C)C1. The molecule has 144 valence electrons. The van der Waals surface area contributed by atoms with Gasteiger partial charge < -0.3 is 14.2 Å². The number of nitrogens with zero attached hydrogens (tertiary/aromatic N) is 3. The molecule has 0 radical (unpaired) electrons. The molecule has 0 unspecified atom stereocenters. The number of anilines is 1. The fourth-order valence-corrected chi connectivity index (χ4v) is 4.28. The lowest BCUT2D eigenvalue weighted by Crippen LogP contribution is -2.54. The molecule has 5 nitrogen and oxygen atoms in total. The molecule has 5 heteroatoms. The second kappa shape index (κ2) is 7.77. The fourth-order valence-electron chi connectivity index (χ4n) is 4.28. The Kier molecular flexibility index (Phi) is 5.21. The van der Waals surface area contributed by atoms with Crippen LogP contribution in [0, 0.1) is 6.92 Å². The zero-order valence-electron chi connectivity index (χ0n) is 16.4. The number of piperazine rings is 1. The first-order valence-corrected chi connectivity index (χ1v) is 10.0. The number of para-hydroxylation sites is 1. The number of hydrogen-bond donors (Lipinski definition) is 0. The standard InChI is InChI=1S/C22H29N3O2/c1-17-7-3-4-8-20(17)24-13-14-25(18(2)15-24)22(26)21-10-9-19(27-21)16-23-11-5-6-12-23/h3-4,7-10,18H,5-6,11-16H2,1-2H3/t18-/m0/s1. The van der Waals surface area contributed by atoms with Crippen LogP contribution in [-0.2, 0) is 6.54 Å². The van der Waals surface area contributed by atoms with Gasteiger partial charge in [0.2, 0.25) is 0 Å². The third-order valence-corrected chi connectivity index (χ3v) is 5.80. The molecule has 1 atom stereocenters. The molecule has 0 saturated carbocycles. The Morgan fingerprint density at radius 2 is 1.85 bits per heavy atom. The van der Waals surface area contributed by atoms with Gasteiger partial charge in [0.25, 0.3) is 5.91 Å². The number of rotatable bonds is 4. The van der Waals surface area contributed by atoms with Crippen LogP contribution in [0.3, 0.4) is 0 Å². The van der Waals surface area contributed by atoms with Crippen molar-refractivity contribution >= 4 is 11.6 Å². The van der Waals surface area contributed by atoms with Gasteiger partial charge in [0.1, 0.15) is 5.76 Å². The first kappa shape index (κ1) is 18.1. The summed E-state index contributed by atoms with van der Waals surface area (Å²) in [5.74, 6) is 1.38. The summed E-state index contributed by atoms with van der Waals surface area (Å²) in [6, 6.07) is 12.4. The van der Waals surface area contributed by atoms with Crippen LogP contribution in [0.5, 0.6) is 0 Å². The Morgan fingerprint density at radius 1 is 1.07 bits per heavy atom. The average molecular weight is 367 g/mol. The zero-order valence-corrected chi connectivity index (χ0v) is 16.4. The molecule has 0 N–H and O–H groups in total. The van der Waals surface area contributed by atoms with Gasteiger partial charge in [-0.25, -0.2) is 0 Å². The van der Waals surface area contributed by atoms with Gasteiger partial charge in [-0.05, 0) is 63.5 Å². The Labute approximate surface area is 161 Å². The molecule has 2 aliphatic heterocycles. The Morgan fingerprint density at radius 3 is 2.59 bits per heavy atom. The number of carbonyl (C=O) groups excluding carboxylic acids is 1. The summed E-state index contributed by atoms with van der Waals surface area (Å²) in [6.07, 6.45) is 2.52. The third-order valence-electron chi connectivity index (χ3n) is 5.80. The lowest BCUT2D eigenvalue weighted by atomic mass is 10.1. The van der Waals surface area contributed by atoms with Crippen molar-refractivity contribution in [2.24, 2.45) is 0 Å². The van der Waals surface area contributed by atoms with E-state index in [-0.39, 0.29) is 11.9 Å². The van der Waals surface area contributed by atoms with E-state index >= 15 is 0 Å². The average Bonchev–Trinajstić information content (AvgIpc) is 3.34. The van der Waals surface area contributed by atoms with Crippen LogP contribution in [0.1, 0.15) is 41.6 Å². The summed E-state index contributed by atoms with van der Waals surface area (Å²) in [5.41, 5.74) is 2.55. The number of hydrogen-bond acceptors (Lipinski definition) is 4. The van der Waals surface area contributed by atoms with Crippen molar-refractivity contribution in [3.63, 3.8) is 0 Å². The van der Waals surface area contributed by atoms with Gasteiger partial charge in [-0.15, -0.1) is 0 Å². The van der Waals surface area contributed by atoms with Crippen molar-refractivity contribution in [2.75, 3.05) is 37.6 Å². The highest BCUT2D eigenvalue weighted by molar-refractivity contribution is 5.92. The molecule has 1 aromatic carbocycles. The van der Waals surface area contributed by atoms with Crippen molar-refractivity contribution in [3.05, 3.63) is 53.5 Å². The number of benzene rings is 1. The van der Waals surface area contributed by atoms with E-state index in [0.29, 0.717) is 5.76 Å². The highest BCUT2D eigenvalue weighted by Crippen LogP contribution is 2.24. The first-order chi connectivity index (χ1) is 13.1. The minimum absolute atomic E-state index is 0.0135. The maximum atomic E-state index is 13.0. The molecule has 0 bridgehead atoms. The molecule has 0 spiro atoms. The molecule has 2 fully saturated rings. The summed E-state index contributed by atoms with van der Waals surface area (Å²) in [6.45, 7) is 9.74.